The van der Waals surface area contributed by atoms with Crippen molar-refractivity contribution in [2.75, 3.05) is 6.54 Å². The van der Waals surface area contributed by atoms with Crippen LogP contribution in [-0.2, 0) is 6.42 Å². The van der Waals surface area contributed by atoms with Crippen LogP contribution in [-0.4, -0.2) is 6.54 Å². The van der Waals surface area contributed by atoms with Crippen molar-refractivity contribution in [3.63, 3.8) is 0 Å². The molecule has 0 saturated heterocycles. The Kier molecular flexibility index (Phi) is 5.45. The summed E-state index contributed by atoms with van der Waals surface area (Å²) in [7, 11) is 0. The van der Waals surface area contributed by atoms with E-state index in [4.69, 9.17) is 0 Å². The summed E-state index contributed by atoms with van der Waals surface area (Å²) in [6, 6.07) is 12.0. The van der Waals surface area contributed by atoms with Gasteiger partial charge in [-0.3, -0.25) is 0 Å². The van der Waals surface area contributed by atoms with Crippen LogP contribution in [0.2, 0.25) is 0 Å². The second-order valence-electron chi connectivity index (χ2n) is 5.27. The molecule has 0 radical (unpaired) electrons. The standard InChI is InChI=1S/C18H21F2N/c1-3-21-17(18-15(19)5-4-6-16(18)20)12-11-14-9-7-13(2)8-10-14/h4-10,17,21H,3,11-12H2,1-2H3. The minimum atomic E-state index is -0.482. The van der Waals surface area contributed by atoms with Crippen molar-refractivity contribution in [3.05, 3.63) is 70.8 Å². The molecule has 0 heterocycles. The first-order valence-corrected chi connectivity index (χ1v) is 7.34. The van der Waals surface area contributed by atoms with Crippen LogP contribution < -0.4 is 5.32 Å². The van der Waals surface area contributed by atoms with Crippen molar-refractivity contribution in [2.24, 2.45) is 0 Å². The Morgan fingerprint density at radius 3 is 2.19 bits per heavy atom. The number of hydrogen-bond donors (Lipinski definition) is 1. The lowest BCUT2D eigenvalue weighted by atomic mass is 9.97. The largest absolute Gasteiger partial charge is 0.310 e. The molecule has 0 aromatic heterocycles. The van der Waals surface area contributed by atoms with E-state index < -0.39 is 11.6 Å². The summed E-state index contributed by atoms with van der Waals surface area (Å²) >= 11 is 0. The molecule has 2 aromatic carbocycles. The first kappa shape index (κ1) is 15.6. The van der Waals surface area contributed by atoms with Crippen molar-refractivity contribution in [1.82, 2.24) is 5.32 Å². The number of nitrogens with one attached hydrogen (secondary N) is 1. The topological polar surface area (TPSA) is 12.0 Å². The summed E-state index contributed by atoms with van der Waals surface area (Å²) in [6.45, 7) is 4.66. The van der Waals surface area contributed by atoms with Gasteiger partial charge in [0.05, 0.1) is 0 Å². The van der Waals surface area contributed by atoms with Gasteiger partial charge in [0, 0.05) is 11.6 Å². The highest BCUT2D eigenvalue weighted by atomic mass is 19.1. The van der Waals surface area contributed by atoms with Gasteiger partial charge in [-0.25, -0.2) is 8.78 Å². The fourth-order valence-corrected chi connectivity index (χ4v) is 2.50. The molecule has 21 heavy (non-hydrogen) atoms. The maximum Gasteiger partial charge on any atom is 0.130 e. The van der Waals surface area contributed by atoms with E-state index in [1.807, 2.05) is 13.8 Å². The molecule has 0 saturated carbocycles. The Balaban J connectivity index is 2.14. The van der Waals surface area contributed by atoms with E-state index in [9.17, 15) is 8.78 Å². The monoisotopic (exact) mass is 289 g/mol. The lowest BCUT2D eigenvalue weighted by Gasteiger charge is -2.19. The Hall–Kier alpha value is -1.74. The van der Waals surface area contributed by atoms with Gasteiger partial charge in [0.2, 0.25) is 0 Å². The van der Waals surface area contributed by atoms with Gasteiger partial charge in [-0.2, -0.15) is 0 Å². The summed E-state index contributed by atoms with van der Waals surface area (Å²) in [4.78, 5) is 0. The Morgan fingerprint density at radius 1 is 1.00 bits per heavy atom. The van der Waals surface area contributed by atoms with E-state index in [-0.39, 0.29) is 11.6 Å². The quantitative estimate of drug-likeness (QED) is 0.822. The number of aryl methyl sites for hydroxylation is 2. The molecule has 1 nitrogen and oxygen atoms in total. The molecule has 0 fully saturated rings. The van der Waals surface area contributed by atoms with Crippen LogP contribution in [0.4, 0.5) is 8.78 Å². The number of rotatable bonds is 6. The van der Waals surface area contributed by atoms with Gasteiger partial charge in [0.1, 0.15) is 11.6 Å². The highest BCUT2D eigenvalue weighted by Gasteiger charge is 2.19. The molecule has 0 aliphatic heterocycles. The third-order valence-corrected chi connectivity index (χ3v) is 3.64. The lowest BCUT2D eigenvalue weighted by Crippen LogP contribution is -2.23. The molecule has 0 bridgehead atoms. The molecule has 112 valence electrons. The van der Waals surface area contributed by atoms with Crippen molar-refractivity contribution < 1.29 is 8.78 Å². The highest BCUT2D eigenvalue weighted by molar-refractivity contribution is 5.25. The summed E-state index contributed by atoms with van der Waals surface area (Å²) in [5.74, 6) is -0.963. The highest BCUT2D eigenvalue weighted by Crippen LogP contribution is 2.25. The van der Waals surface area contributed by atoms with Crippen LogP contribution in [0, 0.1) is 18.6 Å². The number of halogens is 2. The number of benzene rings is 2. The second-order valence-corrected chi connectivity index (χ2v) is 5.27. The van der Waals surface area contributed by atoms with Crippen molar-refractivity contribution in [3.8, 4) is 0 Å². The smallest absolute Gasteiger partial charge is 0.130 e. The van der Waals surface area contributed by atoms with E-state index in [0.29, 0.717) is 13.0 Å². The fourth-order valence-electron chi connectivity index (χ4n) is 2.50. The second kappa shape index (κ2) is 7.32. The van der Waals surface area contributed by atoms with Crippen LogP contribution in [0.1, 0.15) is 36.1 Å². The van der Waals surface area contributed by atoms with E-state index in [0.717, 1.165) is 6.42 Å². The SMILES string of the molecule is CCNC(CCc1ccc(C)cc1)c1c(F)cccc1F. The molecule has 0 aliphatic carbocycles. The minimum Gasteiger partial charge on any atom is -0.310 e. The van der Waals surface area contributed by atoms with E-state index >= 15 is 0 Å². The third kappa shape index (κ3) is 4.11. The maximum absolute atomic E-state index is 13.9. The lowest BCUT2D eigenvalue weighted by molar-refractivity contribution is 0.454. The van der Waals surface area contributed by atoms with Crippen LogP contribution >= 0.6 is 0 Å². The third-order valence-electron chi connectivity index (χ3n) is 3.64. The zero-order valence-corrected chi connectivity index (χ0v) is 12.5. The summed E-state index contributed by atoms with van der Waals surface area (Å²) in [6.07, 6.45) is 1.44. The van der Waals surface area contributed by atoms with Crippen LogP contribution in [0.25, 0.3) is 0 Å². The predicted molar refractivity (Wildman–Crippen MR) is 82.3 cm³/mol. The fraction of sp³-hybridized carbons (Fsp3) is 0.333. The van der Waals surface area contributed by atoms with Crippen LogP contribution in [0.5, 0.6) is 0 Å². The van der Waals surface area contributed by atoms with Crippen LogP contribution in [0.15, 0.2) is 42.5 Å². The average Bonchev–Trinajstić information content (AvgIpc) is 2.46. The molecule has 3 heteroatoms. The normalized spacial score (nSPS) is 12.4. The van der Waals surface area contributed by atoms with Crippen molar-refractivity contribution in [1.29, 1.82) is 0 Å². The van der Waals surface area contributed by atoms with Gasteiger partial charge in [0.25, 0.3) is 0 Å². The van der Waals surface area contributed by atoms with Crippen molar-refractivity contribution >= 4 is 0 Å². The van der Waals surface area contributed by atoms with Gasteiger partial charge < -0.3 is 5.32 Å². The molecule has 1 N–H and O–H groups in total. The molecular weight excluding hydrogens is 268 g/mol. The molecule has 1 unspecified atom stereocenters. The molecule has 0 amide bonds. The minimum absolute atomic E-state index is 0.145. The van der Waals surface area contributed by atoms with Gasteiger partial charge in [0.15, 0.2) is 0 Å². The maximum atomic E-state index is 13.9. The average molecular weight is 289 g/mol. The van der Waals surface area contributed by atoms with E-state index in [1.54, 1.807) is 0 Å². The number of hydrogen-bond acceptors (Lipinski definition) is 1. The van der Waals surface area contributed by atoms with Gasteiger partial charge in [-0.15, -0.1) is 0 Å². The first-order chi connectivity index (χ1) is 10.1. The molecule has 0 spiro atoms. The molecule has 1 atom stereocenters. The summed E-state index contributed by atoms with van der Waals surface area (Å²) in [5, 5.41) is 3.18. The predicted octanol–water partition coefficient (Wildman–Crippen LogP) is 4.56. The van der Waals surface area contributed by atoms with E-state index in [2.05, 4.69) is 29.6 Å². The van der Waals surface area contributed by atoms with Gasteiger partial charge in [-0.1, -0.05) is 42.8 Å². The molecular formula is C18H21F2N. The Labute approximate surface area is 125 Å². The molecule has 2 aromatic rings. The van der Waals surface area contributed by atoms with Crippen molar-refractivity contribution in [2.45, 2.75) is 32.7 Å². The molecule has 2 rings (SSSR count). The Morgan fingerprint density at radius 2 is 1.62 bits per heavy atom. The van der Waals surface area contributed by atoms with Gasteiger partial charge in [-0.05, 0) is 44.0 Å². The first-order valence-electron chi connectivity index (χ1n) is 7.34. The Bertz CT molecular complexity index is 558. The summed E-state index contributed by atoms with van der Waals surface area (Å²) < 4.78 is 27.8. The zero-order valence-electron chi connectivity index (χ0n) is 12.5. The zero-order chi connectivity index (χ0) is 15.2. The van der Waals surface area contributed by atoms with Crippen LogP contribution in [0.3, 0.4) is 0 Å². The van der Waals surface area contributed by atoms with E-state index in [1.165, 1.54) is 29.3 Å². The van der Waals surface area contributed by atoms with Gasteiger partial charge >= 0.3 is 0 Å². The molecule has 0 aliphatic rings. The summed E-state index contributed by atoms with van der Waals surface area (Å²) in [5.41, 5.74) is 2.54.